The molecule has 0 fully saturated rings. The molecule has 0 aromatic carbocycles. The highest BCUT2D eigenvalue weighted by molar-refractivity contribution is 6.29. The van der Waals surface area contributed by atoms with Gasteiger partial charge in [-0.25, -0.2) is 4.98 Å². The van der Waals surface area contributed by atoms with Crippen molar-refractivity contribution in [3.05, 3.63) is 28.5 Å². The third-order valence-corrected chi connectivity index (χ3v) is 3.08. The second-order valence-corrected chi connectivity index (χ2v) is 6.29. The molecule has 0 spiro atoms. The minimum absolute atomic E-state index is 0.148. The zero-order valence-corrected chi connectivity index (χ0v) is 13.1. The van der Waals surface area contributed by atoms with E-state index in [4.69, 9.17) is 11.6 Å². The number of carbonyl (C=O) groups is 1. The van der Waals surface area contributed by atoms with Crippen LogP contribution in [0, 0.1) is 0 Å². The van der Waals surface area contributed by atoms with Gasteiger partial charge in [-0.1, -0.05) is 32.4 Å². The number of hydrogen-bond donors (Lipinski definition) is 0. The minimum Gasteiger partial charge on any atom is -0.341 e. The van der Waals surface area contributed by atoms with Crippen LogP contribution < -0.4 is 0 Å². The lowest BCUT2D eigenvalue weighted by Gasteiger charge is -2.21. The monoisotopic (exact) mass is 322 g/mol. The molecule has 0 bridgehead atoms. The summed E-state index contributed by atoms with van der Waals surface area (Å²) in [4.78, 5) is 17.3. The van der Waals surface area contributed by atoms with E-state index in [0.29, 0.717) is 5.69 Å². The summed E-state index contributed by atoms with van der Waals surface area (Å²) in [6, 6.07) is 2.93. The summed E-state index contributed by atoms with van der Waals surface area (Å²) in [7, 11) is 1.33. The molecule has 0 radical (unpaired) electrons. The minimum atomic E-state index is -4.29. The van der Waals surface area contributed by atoms with Crippen LogP contribution >= 0.6 is 11.6 Å². The highest BCUT2D eigenvalue weighted by Crippen LogP contribution is 2.24. The average molecular weight is 323 g/mol. The number of nitrogens with zero attached hydrogens (tertiary/aromatic N) is 2. The predicted molar refractivity (Wildman–Crippen MR) is 75.6 cm³/mol. The van der Waals surface area contributed by atoms with Crippen molar-refractivity contribution in [1.82, 2.24) is 9.88 Å². The highest BCUT2D eigenvalue weighted by Gasteiger charge is 2.28. The van der Waals surface area contributed by atoms with Crippen molar-refractivity contribution in [2.24, 2.45) is 0 Å². The maximum absolute atomic E-state index is 12.2. The number of aromatic nitrogens is 1. The molecule has 3 nitrogen and oxygen atoms in total. The van der Waals surface area contributed by atoms with Gasteiger partial charge in [-0.2, -0.15) is 13.2 Å². The first-order valence-electron chi connectivity index (χ1n) is 6.40. The maximum atomic E-state index is 12.2. The highest BCUT2D eigenvalue weighted by atomic mass is 35.5. The lowest BCUT2D eigenvalue weighted by molar-refractivity contribution is -0.136. The number of rotatable bonds is 3. The topological polar surface area (TPSA) is 33.2 Å². The number of hydrogen-bond acceptors (Lipinski definition) is 2. The van der Waals surface area contributed by atoms with E-state index in [-0.39, 0.29) is 16.1 Å². The Morgan fingerprint density at radius 1 is 1.29 bits per heavy atom. The molecule has 7 heteroatoms. The molecule has 0 N–H and O–H groups in total. The number of amides is 1. The summed E-state index contributed by atoms with van der Waals surface area (Å²) in [6.45, 7) is 5.33. The average Bonchev–Trinajstić information content (AvgIpc) is 2.32. The van der Waals surface area contributed by atoms with Crippen LogP contribution in [0.2, 0.25) is 5.15 Å². The van der Waals surface area contributed by atoms with Gasteiger partial charge in [0.1, 0.15) is 5.15 Å². The van der Waals surface area contributed by atoms with Crippen LogP contribution in [-0.4, -0.2) is 35.6 Å². The number of alkyl halides is 3. The first-order chi connectivity index (χ1) is 9.40. The summed E-state index contributed by atoms with van der Waals surface area (Å²) in [5.74, 6) is -0.506. The van der Waals surface area contributed by atoms with Crippen molar-refractivity contribution in [2.45, 2.75) is 38.8 Å². The van der Waals surface area contributed by atoms with Crippen LogP contribution in [0.1, 0.15) is 43.2 Å². The van der Waals surface area contributed by atoms with E-state index < -0.39 is 25.0 Å². The number of halogens is 4. The fraction of sp³-hybridized carbons (Fsp3) is 0.571. The number of pyridine rings is 1. The summed E-state index contributed by atoms with van der Waals surface area (Å²) >= 11 is 5.89. The Bertz CT molecular complexity index is 524. The van der Waals surface area contributed by atoms with Crippen LogP contribution in [0.25, 0.3) is 0 Å². The standard InChI is InChI=1S/C14H18ClF3N2O/c1-13(2,3)10-7-9(8-11(15)19-10)12(21)20(4)6-5-14(16,17)18/h7-8H,5-6H2,1-4H3. The van der Waals surface area contributed by atoms with Gasteiger partial charge in [-0.3, -0.25) is 4.79 Å². The Kier molecular flexibility index (Phi) is 5.25. The smallest absolute Gasteiger partial charge is 0.341 e. The summed E-state index contributed by atoms with van der Waals surface area (Å²) in [5.41, 5.74) is 0.539. The lowest BCUT2D eigenvalue weighted by Crippen LogP contribution is -2.31. The Hall–Kier alpha value is -1.30. The molecule has 1 aromatic heterocycles. The van der Waals surface area contributed by atoms with E-state index in [0.717, 1.165) is 4.90 Å². The van der Waals surface area contributed by atoms with Crippen LogP contribution in [0.3, 0.4) is 0 Å². The van der Waals surface area contributed by atoms with Crippen molar-refractivity contribution >= 4 is 17.5 Å². The molecule has 0 aliphatic carbocycles. The van der Waals surface area contributed by atoms with Crippen molar-refractivity contribution in [2.75, 3.05) is 13.6 Å². The molecule has 1 heterocycles. The van der Waals surface area contributed by atoms with Gasteiger partial charge in [0.2, 0.25) is 0 Å². The van der Waals surface area contributed by atoms with Crippen molar-refractivity contribution < 1.29 is 18.0 Å². The molecule has 0 aliphatic rings. The molecule has 0 saturated heterocycles. The predicted octanol–water partition coefficient (Wildman–Crippen LogP) is 4.06. The zero-order valence-electron chi connectivity index (χ0n) is 12.4. The lowest BCUT2D eigenvalue weighted by atomic mass is 9.91. The van der Waals surface area contributed by atoms with Crippen LogP contribution in [0.15, 0.2) is 12.1 Å². The largest absolute Gasteiger partial charge is 0.390 e. The normalized spacial score (nSPS) is 12.4. The third kappa shape index (κ3) is 5.53. The first-order valence-corrected chi connectivity index (χ1v) is 6.78. The van der Waals surface area contributed by atoms with E-state index in [9.17, 15) is 18.0 Å². The van der Waals surface area contributed by atoms with E-state index in [1.54, 1.807) is 6.07 Å². The summed E-state index contributed by atoms with van der Waals surface area (Å²) in [6.07, 6.45) is -5.33. The van der Waals surface area contributed by atoms with Crippen LogP contribution in [-0.2, 0) is 5.41 Å². The molecular formula is C14H18ClF3N2O. The fourth-order valence-electron chi connectivity index (χ4n) is 1.62. The molecule has 1 amide bonds. The molecule has 0 saturated carbocycles. The summed E-state index contributed by atoms with van der Waals surface area (Å²) < 4.78 is 36.6. The van der Waals surface area contributed by atoms with Gasteiger partial charge in [0.25, 0.3) is 5.91 Å². The molecule has 118 valence electrons. The van der Waals surface area contributed by atoms with Gasteiger partial charge in [0.15, 0.2) is 0 Å². The second kappa shape index (κ2) is 6.22. The van der Waals surface area contributed by atoms with Crippen LogP contribution in [0.4, 0.5) is 13.2 Å². The molecule has 0 aliphatic heterocycles. The maximum Gasteiger partial charge on any atom is 0.390 e. The summed E-state index contributed by atoms with van der Waals surface area (Å²) in [5, 5.41) is 0.148. The van der Waals surface area contributed by atoms with Crippen molar-refractivity contribution in [3.63, 3.8) is 0 Å². The van der Waals surface area contributed by atoms with E-state index in [2.05, 4.69) is 4.98 Å². The Labute approximate surface area is 127 Å². The van der Waals surface area contributed by atoms with E-state index in [1.165, 1.54) is 13.1 Å². The Morgan fingerprint density at radius 2 is 1.86 bits per heavy atom. The Morgan fingerprint density at radius 3 is 2.33 bits per heavy atom. The SMILES string of the molecule is CN(CCC(F)(F)F)C(=O)c1cc(Cl)nc(C(C)(C)C)c1. The molecule has 0 atom stereocenters. The van der Waals surface area contributed by atoms with Gasteiger partial charge in [0, 0.05) is 30.3 Å². The fourth-order valence-corrected chi connectivity index (χ4v) is 1.83. The van der Waals surface area contributed by atoms with Crippen molar-refractivity contribution in [3.8, 4) is 0 Å². The molecular weight excluding hydrogens is 305 g/mol. The zero-order chi connectivity index (χ0) is 16.4. The molecule has 0 unspecified atom stereocenters. The molecule has 1 rings (SSSR count). The first kappa shape index (κ1) is 17.8. The number of carbonyl (C=O) groups excluding carboxylic acids is 1. The quantitative estimate of drug-likeness (QED) is 0.786. The van der Waals surface area contributed by atoms with Crippen molar-refractivity contribution in [1.29, 1.82) is 0 Å². The van der Waals surface area contributed by atoms with Gasteiger partial charge in [-0.05, 0) is 12.1 Å². The van der Waals surface area contributed by atoms with E-state index >= 15 is 0 Å². The molecule has 1 aromatic rings. The Balaban J connectivity index is 2.95. The van der Waals surface area contributed by atoms with Gasteiger partial charge >= 0.3 is 6.18 Å². The molecule has 21 heavy (non-hydrogen) atoms. The van der Waals surface area contributed by atoms with Gasteiger partial charge < -0.3 is 4.90 Å². The third-order valence-electron chi connectivity index (χ3n) is 2.89. The second-order valence-electron chi connectivity index (χ2n) is 5.91. The van der Waals surface area contributed by atoms with Crippen LogP contribution in [0.5, 0.6) is 0 Å². The van der Waals surface area contributed by atoms with Gasteiger partial charge in [0.05, 0.1) is 6.42 Å². The van der Waals surface area contributed by atoms with E-state index in [1.807, 2.05) is 20.8 Å². The van der Waals surface area contributed by atoms with Gasteiger partial charge in [-0.15, -0.1) is 0 Å².